The van der Waals surface area contributed by atoms with E-state index in [1.54, 1.807) is 29.2 Å². The molecule has 3 rings (SSSR count). The fourth-order valence-electron chi connectivity index (χ4n) is 3.72. The van der Waals surface area contributed by atoms with Gasteiger partial charge in [-0.3, -0.25) is 4.79 Å². The molecule has 162 valence electrons. The molecule has 2 aromatic rings. The molecule has 1 fully saturated rings. The Bertz CT molecular complexity index is 1010. The highest BCUT2D eigenvalue weighted by Gasteiger charge is 2.36. The maximum Gasteiger partial charge on any atom is 0.416 e. The molecule has 2 aromatic carbocycles. The van der Waals surface area contributed by atoms with Gasteiger partial charge in [0, 0.05) is 18.7 Å². The fraction of sp³-hybridized carbons (Fsp3) is 0.381. The second-order valence-electron chi connectivity index (χ2n) is 7.31. The van der Waals surface area contributed by atoms with Crippen molar-refractivity contribution in [2.24, 2.45) is 0 Å². The van der Waals surface area contributed by atoms with Crippen molar-refractivity contribution in [2.75, 3.05) is 19.3 Å². The van der Waals surface area contributed by atoms with Gasteiger partial charge in [0.2, 0.25) is 5.91 Å². The number of alkyl halides is 3. The number of nitrogens with zero attached hydrogens (tertiary/aromatic N) is 1. The summed E-state index contributed by atoms with van der Waals surface area (Å²) in [5, 5.41) is 0. The molecule has 0 atom stereocenters. The molecule has 1 heterocycles. The minimum Gasteiger partial charge on any atom is -0.382 e. The van der Waals surface area contributed by atoms with E-state index in [0.717, 1.165) is 12.3 Å². The van der Waals surface area contributed by atoms with Crippen LogP contribution in [0.3, 0.4) is 0 Å². The van der Waals surface area contributed by atoms with Gasteiger partial charge < -0.3 is 9.08 Å². The molecule has 0 aliphatic carbocycles. The van der Waals surface area contributed by atoms with Crippen molar-refractivity contribution < 1.29 is 30.6 Å². The highest BCUT2D eigenvalue weighted by atomic mass is 32.2. The molecule has 0 saturated carbocycles. The summed E-state index contributed by atoms with van der Waals surface area (Å²) in [6.07, 6.45) is -2.67. The van der Waals surface area contributed by atoms with Crippen molar-refractivity contribution in [3.63, 3.8) is 0 Å². The molecule has 0 bridgehead atoms. The molecule has 9 heteroatoms. The maximum atomic E-state index is 13.3. The zero-order valence-corrected chi connectivity index (χ0v) is 17.2. The lowest BCUT2D eigenvalue weighted by atomic mass is 9.86. The van der Waals surface area contributed by atoms with Gasteiger partial charge in [-0.1, -0.05) is 36.4 Å². The van der Waals surface area contributed by atoms with E-state index in [1.165, 1.54) is 18.2 Å². The molecule has 1 saturated heterocycles. The number of likely N-dealkylation sites (tertiary alicyclic amines) is 1. The number of halogens is 3. The summed E-state index contributed by atoms with van der Waals surface area (Å²) in [4.78, 5) is 14.3. The summed E-state index contributed by atoms with van der Waals surface area (Å²) in [6.45, 7) is 0.676. The molecular formula is C21H22F3NO4S. The average molecular weight is 441 g/mol. The maximum absolute atomic E-state index is 13.3. The first-order chi connectivity index (χ1) is 14.0. The van der Waals surface area contributed by atoms with Crippen LogP contribution in [0.4, 0.5) is 13.2 Å². The van der Waals surface area contributed by atoms with Crippen molar-refractivity contribution in [3.8, 4) is 5.75 Å². The van der Waals surface area contributed by atoms with E-state index < -0.39 is 21.9 Å². The van der Waals surface area contributed by atoms with E-state index in [-0.39, 0.29) is 29.6 Å². The van der Waals surface area contributed by atoms with Gasteiger partial charge in [-0.2, -0.15) is 21.6 Å². The molecule has 0 spiro atoms. The lowest BCUT2D eigenvalue weighted by Crippen LogP contribution is -2.39. The molecule has 0 radical (unpaired) electrons. The summed E-state index contributed by atoms with van der Waals surface area (Å²) in [6, 6.07) is 11.9. The molecule has 30 heavy (non-hydrogen) atoms. The topological polar surface area (TPSA) is 63.7 Å². The normalized spacial score (nSPS) is 15.8. The number of hydrogen-bond acceptors (Lipinski definition) is 4. The van der Waals surface area contributed by atoms with Gasteiger partial charge in [-0.05, 0) is 36.5 Å². The third-order valence-corrected chi connectivity index (χ3v) is 5.59. The Morgan fingerprint density at radius 3 is 2.30 bits per heavy atom. The van der Waals surface area contributed by atoms with Crippen molar-refractivity contribution >= 4 is 16.0 Å². The fourth-order valence-corrected chi connectivity index (χ4v) is 4.21. The zero-order valence-electron chi connectivity index (χ0n) is 16.4. The highest BCUT2D eigenvalue weighted by Crippen LogP contribution is 2.38. The van der Waals surface area contributed by atoms with Crippen LogP contribution in [0.25, 0.3) is 0 Å². The van der Waals surface area contributed by atoms with E-state index in [1.807, 2.05) is 0 Å². The van der Waals surface area contributed by atoms with Crippen LogP contribution in [-0.4, -0.2) is 38.6 Å². The van der Waals surface area contributed by atoms with Gasteiger partial charge in [0.1, 0.15) is 5.75 Å². The molecule has 1 aliphatic rings. The molecule has 1 amide bonds. The van der Waals surface area contributed by atoms with E-state index >= 15 is 0 Å². The first kappa shape index (κ1) is 22.1. The molecule has 0 unspecified atom stereocenters. The standard InChI is InChI=1S/C21H22F3NO4S/c1-30(27,28)29-19-9-5-2-6-16(19)14-20(26)25-12-10-15(11-13-25)17-7-3-4-8-18(17)21(22,23)24/h2-9,15H,10-14H2,1H3. The van der Waals surface area contributed by atoms with Crippen LogP contribution in [0.2, 0.25) is 0 Å². The summed E-state index contributed by atoms with van der Waals surface area (Å²) >= 11 is 0. The van der Waals surface area contributed by atoms with Crippen LogP contribution >= 0.6 is 0 Å². The van der Waals surface area contributed by atoms with Crippen LogP contribution in [0.1, 0.15) is 35.4 Å². The Kier molecular flexibility index (Phi) is 6.40. The minimum absolute atomic E-state index is 0.0461. The van der Waals surface area contributed by atoms with Gasteiger partial charge in [0.25, 0.3) is 0 Å². The van der Waals surface area contributed by atoms with Crippen LogP contribution in [0, 0.1) is 0 Å². The number of hydrogen-bond donors (Lipinski definition) is 0. The van der Waals surface area contributed by atoms with E-state index in [2.05, 4.69) is 0 Å². The summed E-state index contributed by atoms with van der Waals surface area (Å²) in [5.74, 6) is -0.392. The predicted molar refractivity (Wildman–Crippen MR) is 106 cm³/mol. The monoisotopic (exact) mass is 441 g/mol. The summed E-state index contributed by atoms with van der Waals surface area (Å²) < 4.78 is 67.6. The average Bonchev–Trinajstić information content (AvgIpc) is 2.68. The second-order valence-corrected chi connectivity index (χ2v) is 8.89. The Hall–Kier alpha value is -2.55. The van der Waals surface area contributed by atoms with Crippen molar-refractivity contribution in [1.82, 2.24) is 4.90 Å². The van der Waals surface area contributed by atoms with Crippen LogP contribution in [0.15, 0.2) is 48.5 Å². The molecule has 0 aromatic heterocycles. The molecule has 1 aliphatic heterocycles. The SMILES string of the molecule is CS(=O)(=O)Oc1ccccc1CC(=O)N1CCC(c2ccccc2C(F)(F)F)CC1. The number of benzene rings is 2. The lowest BCUT2D eigenvalue weighted by molar-refractivity contribution is -0.139. The van der Waals surface area contributed by atoms with Crippen molar-refractivity contribution in [1.29, 1.82) is 0 Å². The quantitative estimate of drug-likeness (QED) is 0.659. The number of amides is 1. The van der Waals surface area contributed by atoms with Crippen LogP contribution in [-0.2, 0) is 27.5 Å². The van der Waals surface area contributed by atoms with Crippen molar-refractivity contribution in [2.45, 2.75) is 31.4 Å². The first-order valence-electron chi connectivity index (χ1n) is 9.46. The van der Waals surface area contributed by atoms with Gasteiger partial charge in [-0.15, -0.1) is 0 Å². The smallest absolute Gasteiger partial charge is 0.382 e. The number of carbonyl (C=O) groups excluding carboxylic acids is 1. The van der Waals surface area contributed by atoms with E-state index in [0.29, 0.717) is 31.5 Å². The van der Waals surface area contributed by atoms with Crippen molar-refractivity contribution in [3.05, 3.63) is 65.2 Å². The summed E-state index contributed by atoms with van der Waals surface area (Å²) in [7, 11) is -3.73. The third-order valence-electron chi connectivity index (χ3n) is 5.11. The van der Waals surface area contributed by atoms with E-state index in [9.17, 15) is 26.4 Å². The summed E-state index contributed by atoms with van der Waals surface area (Å²) in [5.41, 5.74) is 0.0862. The predicted octanol–water partition coefficient (Wildman–Crippen LogP) is 3.99. The largest absolute Gasteiger partial charge is 0.416 e. The Balaban J connectivity index is 1.66. The Morgan fingerprint density at radius 2 is 1.67 bits per heavy atom. The molecular weight excluding hydrogens is 419 g/mol. The van der Waals surface area contributed by atoms with Crippen LogP contribution < -0.4 is 4.18 Å². The third kappa shape index (κ3) is 5.53. The number of carbonyl (C=O) groups is 1. The highest BCUT2D eigenvalue weighted by molar-refractivity contribution is 7.86. The minimum atomic E-state index is -4.41. The van der Waals surface area contributed by atoms with Gasteiger partial charge in [-0.25, -0.2) is 0 Å². The zero-order chi connectivity index (χ0) is 21.9. The Labute approximate surface area is 173 Å². The molecule has 0 N–H and O–H groups in total. The second kappa shape index (κ2) is 8.67. The van der Waals surface area contributed by atoms with Gasteiger partial charge in [0.15, 0.2) is 0 Å². The van der Waals surface area contributed by atoms with E-state index in [4.69, 9.17) is 4.18 Å². The first-order valence-corrected chi connectivity index (χ1v) is 11.3. The number of para-hydroxylation sites is 1. The lowest BCUT2D eigenvalue weighted by Gasteiger charge is -2.33. The van der Waals surface area contributed by atoms with Gasteiger partial charge >= 0.3 is 16.3 Å². The van der Waals surface area contributed by atoms with Gasteiger partial charge in [0.05, 0.1) is 18.2 Å². The molecule has 5 nitrogen and oxygen atoms in total. The Morgan fingerprint density at radius 1 is 1.07 bits per heavy atom. The number of rotatable bonds is 5. The van der Waals surface area contributed by atoms with Crippen LogP contribution in [0.5, 0.6) is 5.75 Å². The number of piperidine rings is 1.